The van der Waals surface area contributed by atoms with E-state index in [1.807, 2.05) is 17.9 Å². The van der Waals surface area contributed by atoms with Gasteiger partial charge in [-0.25, -0.2) is 0 Å². The van der Waals surface area contributed by atoms with Gasteiger partial charge in [0.15, 0.2) is 0 Å². The fraction of sp³-hybridized carbons (Fsp3) is 0.462. The molecule has 0 saturated carbocycles. The zero-order valence-electron chi connectivity index (χ0n) is 10.4. The van der Waals surface area contributed by atoms with Crippen molar-refractivity contribution in [3.63, 3.8) is 0 Å². The molecule has 0 bridgehead atoms. The van der Waals surface area contributed by atoms with Crippen LogP contribution in [0, 0.1) is 6.92 Å². The fourth-order valence-corrected chi connectivity index (χ4v) is 2.36. The van der Waals surface area contributed by atoms with E-state index in [0.29, 0.717) is 17.1 Å². The van der Waals surface area contributed by atoms with Gasteiger partial charge in [0.2, 0.25) is 0 Å². The van der Waals surface area contributed by atoms with E-state index in [1.54, 1.807) is 12.1 Å². The Labute approximate surface area is 119 Å². The summed E-state index contributed by atoms with van der Waals surface area (Å²) < 4.78 is 0. The molecule has 0 spiro atoms. The highest BCUT2D eigenvalue weighted by atomic mass is 35.5. The number of halogens is 2. The SMILES string of the molecule is Cc1ccc(Cl)cc1C(=O)N1CCC[C@@H](N)C1.Cl. The lowest BCUT2D eigenvalue weighted by molar-refractivity contribution is 0.0708. The number of hydrogen-bond acceptors (Lipinski definition) is 2. The van der Waals surface area contributed by atoms with Crippen molar-refractivity contribution in [3.05, 3.63) is 34.3 Å². The molecule has 2 rings (SSSR count). The molecule has 0 aliphatic carbocycles. The number of amides is 1. The van der Waals surface area contributed by atoms with Crippen LogP contribution in [0.15, 0.2) is 18.2 Å². The van der Waals surface area contributed by atoms with Crippen LogP contribution in [0.4, 0.5) is 0 Å². The number of hydrogen-bond donors (Lipinski definition) is 1. The van der Waals surface area contributed by atoms with Gasteiger partial charge in [-0.05, 0) is 37.5 Å². The average molecular weight is 289 g/mol. The lowest BCUT2D eigenvalue weighted by Gasteiger charge is -2.31. The fourth-order valence-electron chi connectivity index (χ4n) is 2.19. The highest BCUT2D eigenvalue weighted by Gasteiger charge is 2.23. The zero-order valence-corrected chi connectivity index (χ0v) is 11.9. The van der Waals surface area contributed by atoms with E-state index in [0.717, 1.165) is 24.9 Å². The summed E-state index contributed by atoms with van der Waals surface area (Å²) in [5.41, 5.74) is 7.53. The van der Waals surface area contributed by atoms with Gasteiger partial charge < -0.3 is 10.6 Å². The maximum Gasteiger partial charge on any atom is 0.254 e. The van der Waals surface area contributed by atoms with Crippen molar-refractivity contribution in [1.29, 1.82) is 0 Å². The Morgan fingerprint density at radius 3 is 2.89 bits per heavy atom. The summed E-state index contributed by atoms with van der Waals surface area (Å²) >= 11 is 5.93. The third-order valence-corrected chi connectivity index (χ3v) is 3.41. The third kappa shape index (κ3) is 3.37. The molecule has 1 aliphatic rings. The second-order valence-corrected chi connectivity index (χ2v) is 5.05. The lowest BCUT2D eigenvalue weighted by atomic mass is 10.0. The quantitative estimate of drug-likeness (QED) is 0.864. The molecule has 1 atom stereocenters. The van der Waals surface area contributed by atoms with Gasteiger partial charge in [0, 0.05) is 29.7 Å². The predicted octanol–water partition coefficient (Wildman–Crippen LogP) is 2.63. The second kappa shape index (κ2) is 6.41. The highest BCUT2D eigenvalue weighted by molar-refractivity contribution is 6.31. The van der Waals surface area contributed by atoms with Gasteiger partial charge in [-0.15, -0.1) is 12.4 Å². The van der Waals surface area contributed by atoms with E-state index < -0.39 is 0 Å². The van der Waals surface area contributed by atoms with Crippen LogP contribution in [0.1, 0.15) is 28.8 Å². The van der Waals surface area contributed by atoms with Crippen molar-refractivity contribution in [3.8, 4) is 0 Å². The summed E-state index contributed by atoms with van der Waals surface area (Å²) in [7, 11) is 0. The van der Waals surface area contributed by atoms with Crippen molar-refractivity contribution >= 4 is 29.9 Å². The maximum absolute atomic E-state index is 12.3. The first-order valence-corrected chi connectivity index (χ1v) is 6.26. The van der Waals surface area contributed by atoms with Gasteiger partial charge >= 0.3 is 0 Å². The lowest BCUT2D eigenvalue weighted by Crippen LogP contribution is -2.45. The number of benzene rings is 1. The monoisotopic (exact) mass is 288 g/mol. The molecule has 100 valence electrons. The minimum atomic E-state index is 0. The standard InChI is InChI=1S/C13H17ClN2O.ClH/c1-9-4-5-10(14)7-12(9)13(17)16-6-2-3-11(15)8-16;/h4-5,7,11H,2-3,6,8,15H2,1H3;1H/t11-;/m1./s1. The number of rotatable bonds is 1. The number of likely N-dealkylation sites (tertiary alicyclic amines) is 1. The van der Waals surface area contributed by atoms with Crippen LogP contribution in [-0.2, 0) is 0 Å². The molecule has 1 aromatic carbocycles. The molecular weight excluding hydrogens is 271 g/mol. The van der Waals surface area contributed by atoms with E-state index in [9.17, 15) is 4.79 Å². The van der Waals surface area contributed by atoms with Gasteiger partial charge in [0.1, 0.15) is 0 Å². The first kappa shape index (κ1) is 15.3. The van der Waals surface area contributed by atoms with Crippen LogP contribution < -0.4 is 5.73 Å². The van der Waals surface area contributed by atoms with Crippen molar-refractivity contribution in [2.45, 2.75) is 25.8 Å². The van der Waals surface area contributed by atoms with Crippen LogP contribution in [0.2, 0.25) is 5.02 Å². The second-order valence-electron chi connectivity index (χ2n) is 4.61. The van der Waals surface area contributed by atoms with Crippen molar-refractivity contribution in [2.24, 2.45) is 5.73 Å². The first-order valence-electron chi connectivity index (χ1n) is 5.89. The Hall–Kier alpha value is -0.770. The highest BCUT2D eigenvalue weighted by Crippen LogP contribution is 2.19. The first-order chi connectivity index (χ1) is 8.08. The number of nitrogens with zero attached hydrogens (tertiary/aromatic N) is 1. The average Bonchev–Trinajstić information content (AvgIpc) is 2.31. The largest absolute Gasteiger partial charge is 0.337 e. The summed E-state index contributed by atoms with van der Waals surface area (Å²) in [6.07, 6.45) is 1.98. The number of nitrogens with two attached hydrogens (primary N) is 1. The van der Waals surface area contributed by atoms with E-state index in [1.165, 1.54) is 0 Å². The molecular formula is C13H18Cl2N2O. The third-order valence-electron chi connectivity index (χ3n) is 3.18. The Kier molecular flexibility index (Phi) is 5.45. The summed E-state index contributed by atoms with van der Waals surface area (Å²) in [5.74, 6) is 0.0418. The summed E-state index contributed by atoms with van der Waals surface area (Å²) in [4.78, 5) is 14.2. The van der Waals surface area contributed by atoms with Crippen LogP contribution in [0.25, 0.3) is 0 Å². The summed E-state index contributed by atoms with van der Waals surface area (Å²) in [6.45, 7) is 3.36. The van der Waals surface area contributed by atoms with Gasteiger partial charge in [-0.2, -0.15) is 0 Å². The Morgan fingerprint density at radius 2 is 2.22 bits per heavy atom. The molecule has 1 fully saturated rings. The number of carbonyl (C=O) groups is 1. The topological polar surface area (TPSA) is 46.3 Å². The van der Waals surface area contributed by atoms with Crippen molar-refractivity contribution in [2.75, 3.05) is 13.1 Å². The van der Waals surface area contributed by atoms with Gasteiger partial charge in [-0.3, -0.25) is 4.79 Å². The zero-order chi connectivity index (χ0) is 12.4. The van der Waals surface area contributed by atoms with Crippen LogP contribution >= 0.6 is 24.0 Å². The Morgan fingerprint density at radius 1 is 1.50 bits per heavy atom. The molecule has 0 aromatic heterocycles. The Balaban J connectivity index is 0.00000162. The molecule has 18 heavy (non-hydrogen) atoms. The molecule has 0 unspecified atom stereocenters. The molecule has 5 heteroatoms. The normalized spacial score (nSPS) is 19.3. The van der Waals surface area contributed by atoms with Gasteiger partial charge in [-0.1, -0.05) is 17.7 Å². The van der Waals surface area contributed by atoms with E-state index in [4.69, 9.17) is 17.3 Å². The molecule has 1 aliphatic heterocycles. The number of carbonyl (C=O) groups excluding carboxylic acids is 1. The molecule has 3 nitrogen and oxygen atoms in total. The van der Waals surface area contributed by atoms with Crippen molar-refractivity contribution in [1.82, 2.24) is 4.90 Å². The molecule has 1 heterocycles. The van der Waals surface area contributed by atoms with Crippen molar-refractivity contribution < 1.29 is 4.79 Å². The van der Waals surface area contributed by atoms with Gasteiger partial charge in [0.05, 0.1) is 0 Å². The minimum absolute atomic E-state index is 0. The predicted molar refractivity (Wildman–Crippen MR) is 76.5 cm³/mol. The minimum Gasteiger partial charge on any atom is -0.337 e. The molecule has 2 N–H and O–H groups in total. The van der Waals surface area contributed by atoms with Crippen LogP contribution in [0.3, 0.4) is 0 Å². The molecule has 0 radical (unpaired) electrons. The van der Waals surface area contributed by atoms with E-state index in [-0.39, 0.29) is 24.4 Å². The Bertz CT molecular complexity index is 437. The maximum atomic E-state index is 12.3. The number of piperidine rings is 1. The van der Waals surface area contributed by atoms with E-state index >= 15 is 0 Å². The summed E-state index contributed by atoms with van der Waals surface area (Å²) in [5, 5.41) is 0.597. The van der Waals surface area contributed by atoms with Crippen LogP contribution in [-0.4, -0.2) is 29.9 Å². The summed E-state index contributed by atoms with van der Waals surface area (Å²) in [6, 6.07) is 5.51. The molecule has 1 aromatic rings. The van der Waals surface area contributed by atoms with E-state index in [2.05, 4.69) is 0 Å². The van der Waals surface area contributed by atoms with Crippen LogP contribution in [0.5, 0.6) is 0 Å². The molecule has 1 saturated heterocycles. The van der Waals surface area contributed by atoms with Gasteiger partial charge in [0.25, 0.3) is 5.91 Å². The smallest absolute Gasteiger partial charge is 0.254 e. The molecule has 1 amide bonds. The number of aryl methyl sites for hydroxylation is 1.